The molecule has 2 N–H and O–H groups in total. The molecule has 5 rings (SSSR count). The quantitative estimate of drug-likeness (QED) is 0.727. The van der Waals surface area contributed by atoms with E-state index in [2.05, 4.69) is 27.7 Å². The van der Waals surface area contributed by atoms with Gasteiger partial charge in [-0.15, -0.1) is 12.4 Å². The van der Waals surface area contributed by atoms with Crippen LogP contribution in [0.1, 0.15) is 17.9 Å². The molecule has 0 aromatic heterocycles. The zero-order valence-electron chi connectivity index (χ0n) is 13.7. The molecule has 3 heterocycles. The Morgan fingerprint density at radius 2 is 1.96 bits per heavy atom. The van der Waals surface area contributed by atoms with Crippen molar-refractivity contribution in [3.63, 3.8) is 0 Å². The lowest BCUT2D eigenvalue weighted by Gasteiger charge is -2.36. The van der Waals surface area contributed by atoms with Crippen LogP contribution in [0, 0.1) is 0 Å². The fourth-order valence-electron chi connectivity index (χ4n) is 4.56. The van der Waals surface area contributed by atoms with Gasteiger partial charge in [0.25, 0.3) is 0 Å². The Bertz CT molecular complexity index is 824. The topological polar surface area (TPSA) is 27.3 Å². The van der Waals surface area contributed by atoms with Crippen molar-refractivity contribution in [3.8, 4) is 11.1 Å². The number of hydrogen-bond donors (Lipinski definition) is 2. The second-order valence-electron chi connectivity index (χ2n) is 6.87. The maximum Gasteiger partial charge on any atom is 0.0642 e. The minimum absolute atomic E-state index is 0. The summed E-state index contributed by atoms with van der Waals surface area (Å²) in [6.45, 7) is 4.28. The molecule has 0 spiro atoms. The van der Waals surface area contributed by atoms with Crippen LogP contribution >= 0.6 is 35.6 Å². The zero-order valence-corrected chi connectivity index (χ0v) is 16.0. The molecule has 0 bridgehead atoms. The number of anilines is 2. The highest BCUT2D eigenvalue weighted by Crippen LogP contribution is 2.50. The maximum absolute atomic E-state index is 6.46. The number of nitrogens with zero attached hydrogens (tertiary/aromatic N) is 1. The minimum atomic E-state index is 0. The van der Waals surface area contributed by atoms with Gasteiger partial charge in [-0.1, -0.05) is 29.3 Å². The molecule has 3 nitrogen and oxygen atoms in total. The van der Waals surface area contributed by atoms with Gasteiger partial charge in [0.1, 0.15) is 0 Å². The Balaban J connectivity index is 0.00000157. The predicted octanol–water partition coefficient (Wildman–Crippen LogP) is 4.77. The van der Waals surface area contributed by atoms with Crippen LogP contribution < -0.4 is 15.5 Å². The van der Waals surface area contributed by atoms with Crippen molar-refractivity contribution in [2.75, 3.05) is 36.4 Å². The molecule has 1 fully saturated rings. The predicted molar refractivity (Wildman–Crippen MR) is 109 cm³/mol. The van der Waals surface area contributed by atoms with E-state index in [1.165, 1.54) is 28.9 Å². The second kappa shape index (κ2) is 6.55. The van der Waals surface area contributed by atoms with E-state index >= 15 is 0 Å². The van der Waals surface area contributed by atoms with Crippen LogP contribution in [0.5, 0.6) is 0 Å². The number of piperidine rings is 1. The molecule has 0 unspecified atom stereocenters. The average Bonchev–Trinajstić information content (AvgIpc) is 2.91. The summed E-state index contributed by atoms with van der Waals surface area (Å²) in [5, 5.41) is 8.54. The second-order valence-corrected chi connectivity index (χ2v) is 7.72. The van der Waals surface area contributed by atoms with E-state index in [4.69, 9.17) is 23.2 Å². The van der Waals surface area contributed by atoms with Gasteiger partial charge in [0, 0.05) is 47.2 Å². The van der Waals surface area contributed by atoms with Crippen molar-refractivity contribution in [3.05, 3.63) is 45.9 Å². The Morgan fingerprint density at radius 1 is 1.08 bits per heavy atom. The Hall–Kier alpha value is -1.13. The largest absolute Gasteiger partial charge is 0.382 e. The van der Waals surface area contributed by atoms with Crippen LogP contribution in [0.3, 0.4) is 0 Å². The third-order valence-electron chi connectivity index (χ3n) is 5.58. The van der Waals surface area contributed by atoms with E-state index in [-0.39, 0.29) is 12.4 Å². The van der Waals surface area contributed by atoms with E-state index in [0.717, 1.165) is 31.7 Å². The van der Waals surface area contributed by atoms with Crippen molar-refractivity contribution >= 4 is 47.0 Å². The normalized spacial score (nSPS) is 23.4. The van der Waals surface area contributed by atoms with Gasteiger partial charge in [0.05, 0.1) is 11.4 Å². The summed E-state index contributed by atoms with van der Waals surface area (Å²) in [6.07, 6.45) is 1.22. The van der Waals surface area contributed by atoms with Crippen molar-refractivity contribution in [1.29, 1.82) is 0 Å². The number of nitrogens with one attached hydrogen (secondary N) is 2. The third kappa shape index (κ3) is 2.69. The third-order valence-corrected chi connectivity index (χ3v) is 6.13. The summed E-state index contributed by atoms with van der Waals surface area (Å²) in [6, 6.07) is 11.0. The molecule has 0 saturated carbocycles. The van der Waals surface area contributed by atoms with Crippen molar-refractivity contribution in [2.45, 2.75) is 18.4 Å². The molecular weight excluding hydrogens is 377 g/mol. The van der Waals surface area contributed by atoms with E-state index in [9.17, 15) is 0 Å². The van der Waals surface area contributed by atoms with Crippen LogP contribution in [-0.2, 0) is 0 Å². The lowest BCUT2D eigenvalue weighted by Crippen LogP contribution is -2.46. The first-order valence-corrected chi connectivity index (χ1v) is 9.32. The lowest BCUT2D eigenvalue weighted by atomic mass is 9.88. The van der Waals surface area contributed by atoms with Gasteiger partial charge in [-0.3, -0.25) is 0 Å². The monoisotopic (exact) mass is 395 g/mol. The van der Waals surface area contributed by atoms with Gasteiger partial charge in [0.2, 0.25) is 0 Å². The molecular formula is C19H20Cl3N3. The molecule has 2 aromatic rings. The maximum atomic E-state index is 6.46. The van der Waals surface area contributed by atoms with E-state index in [1.54, 1.807) is 0 Å². The van der Waals surface area contributed by atoms with Crippen LogP contribution in [0.2, 0.25) is 10.0 Å². The highest BCUT2D eigenvalue weighted by Gasteiger charge is 2.42. The van der Waals surface area contributed by atoms with Crippen LogP contribution in [0.15, 0.2) is 30.3 Å². The number of rotatable bonds is 1. The number of hydrogen-bond acceptors (Lipinski definition) is 3. The molecule has 132 valence electrons. The molecule has 3 aliphatic heterocycles. The zero-order chi connectivity index (χ0) is 16.3. The Labute approximate surface area is 164 Å². The SMILES string of the molecule is Cl.Clc1ccc(-c2cc3c4c(c2)[C@@H]2CNCC[C@@H]2N4CCN3)c(Cl)c1. The summed E-state index contributed by atoms with van der Waals surface area (Å²) < 4.78 is 0. The van der Waals surface area contributed by atoms with E-state index in [0.29, 0.717) is 22.0 Å². The van der Waals surface area contributed by atoms with Crippen LogP contribution in [0.4, 0.5) is 11.4 Å². The first-order valence-electron chi connectivity index (χ1n) is 8.57. The van der Waals surface area contributed by atoms with Gasteiger partial charge >= 0.3 is 0 Å². The van der Waals surface area contributed by atoms with Crippen molar-refractivity contribution in [1.82, 2.24) is 5.32 Å². The Morgan fingerprint density at radius 3 is 2.80 bits per heavy atom. The van der Waals surface area contributed by atoms with E-state index < -0.39 is 0 Å². The van der Waals surface area contributed by atoms with Crippen LogP contribution in [0.25, 0.3) is 11.1 Å². The van der Waals surface area contributed by atoms with Gasteiger partial charge in [0.15, 0.2) is 0 Å². The molecule has 0 aliphatic carbocycles. The smallest absolute Gasteiger partial charge is 0.0642 e. The molecule has 0 radical (unpaired) electrons. The summed E-state index contributed by atoms with van der Waals surface area (Å²) in [5.74, 6) is 0.568. The Kier molecular flexibility index (Phi) is 4.53. The van der Waals surface area contributed by atoms with E-state index in [1.807, 2.05) is 18.2 Å². The molecule has 2 aromatic carbocycles. The standard InChI is InChI=1S/C19H19Cl2N3.ClH/c20-12-1-2-13(16(21)9-12)11-7-14-15-10-22-4-3-18(15)24-6-5-23-17(8-11)19(14)24;/h1-2,7-9,15,18,22-23H,3-6,10H2;1H/t15-,18-;/m0./s1. The lowest BCUT2D eigenvalue weighted by molar-refractivity contribution is 0.404. The summed E-state index contributed by atoms with van der Waals surface area (Å²) in [7, 11) is 0. The first kappa shape index (κ1) is 17.3. The first-order chi connectivity index (χ1) is 11.7. The molecule has 2 atom stereocenters. The summed E-state index contributed by atoms with van der Waals surface area (Å²) in [5.41, 5.74) is 6.33. The fourth-order valence-corrected chi connectivity index (χ4v) is 5.08. The molecule has 3 aliphatic rings. The molecule has 1 saturated heterocycles. The van der Waals surface area contributed by atoms with Crippen LogP contribution in [-0.4, -0.2) is 32.2 Å². The summed E-state index contributed by atoms with van der Waals surface area (Å²) in [4.78, 5) is 2.62. The minimum Gasteiger partial charge on any atom is -0.382 e. The molecule has 6 heteroatoms. The van der Waals surface area contributed by atoms with Gasteiger partial charge in [-0.2, -0.15) is 0 Å². The number of halogens is 3. The molecule has 0 amide bonds. The highest BCUT2D eigenvalue weighted by molar-refractivity contribution is 6.36. The summed E-state index contributed by atoms with van der Waals surface area (Å²) >= 11 is 12.5. The van der Waals surface area contributed by atoms with Gasteiger partial charge in [-0.05, 0) is 48.4 Å². The van der Waals surface area contributed by atoms with Gasteiger partial charge < -0.3 is 15.5 Å². The fraction of sp³-hybridized carbons (Fsp3) is 0.368. The number of benzene rings is 2. The van der Waals surface area contributed by atoms with Gasteiger partial charge in [-0.25, -0.2) is 0 Å². The highest BCUT2D eigenvalue weighted by atomic mass is 35.5. The van der Waals surface area contributed by atoms with Crippen molar-refractivity contribution in [2.24, 2.45) is 0 Å². The van der Waals surface area contributed by atoms with Crippen molar-refractivity contribution < 1.29 is 0 Å². The average molecular weight is 397 g/mol. The molecule has 25 heavy (non-hydrogen) atoms. The number of fused-ring (bicyclic) bond motifs is 3.